The number of carbonyl (C=O) groups excluding carboxylic acids is 1. The van der Waals surface area contributed by atoms with Gasteiger partial charge in [-0.25, -0.2) is 4.99 Å². The summed E-state index contributed by atoms with van der Waals surface area (Å²) < 4.78 is 5.14. The molecule has 1 amide bonds. The van der Waals surface area contributed by atoms with Gasteiger partial charge < -0.3 is 10.1 Å². The van der Waals surface area contributed by atoms with Crippen molar-refractivity contribution in [2.24, 2.45) is 4.99 Å². The fourth-order valence-corrected chi connectivity index (χ4v) is 3.64. The Morgan fingerprint density at radius 3 is 2.52 bits per heavy atom. The summed E-state index contributed by atoms with van der Waals surface area (Å²) in [7, 11) is 1.56. The highest BCUT2D eigenvalue weighted by Gasteiger charge is 2.23. The minimum absolute atomic E-state index is 0.167. The lowest BCUT2D eigenvalue weighted by molar-refractivity contribution is -0.115. The molecule has 0 atom stereocenters. The molecule has 6 heteroatoms. The molecule has 2 aromatic rings. The summed E-state index contributed by atoms with van der Waals surface area (Å²) in [5.41, 5.74) is 3.93. The first-order valence-corrected chi connectivity index (χ1v) is 8.85. The Morgan fingerprint density at radius 1 is 1.16 bits per heavy atom. The summed E-state index contributed by atoms with van der Waals surface area (Å²) in [6.07, 6.45) is 1.79. The third-order valence-corrected chi connectivity index (χ3v) is 4.77. The normalized spacial score (nSPS) is 17.2. The second kappa shape index (κ2) is 7.33. The molecule has 25 heavy (non-hydrogen) atoms. The Bertz CT molecular complexity index is 886. The van der Waals surface area contributed by atoms with Gasteiger partial charge in [-0.1, -0.05) is 23.7 Å². The van der Waals surface area contributed by atoms with Gasteiger partial charge in [0.15, 0.2) is 5.17 Å². The molecule has 0 unspecified atom stereocenters. The Balaban J connectivity index is 1.84. The number of hydrogen-bond acceptors (Lipinski definition) is 4. The average Bonchev–Trinajstić information content (AvgIpc) is 2.86. The predicted octanol–water partition coefficient (Wildman–Crippen LogP) is 4.86. The number of carbonyl (C=O) groups is 1. The van der Waals surface area contributed by atoms with Gasteiger partial charge >= 0.3 is 0 Å². The van der Waals surface area contributed by atoms with Crippen molar-refractivity contribution in [1.82, 2.24) is 5.32 Å². The number of aryl methyl sites for hydroxylation is 2. The van der Waals surface area contributed by atoms with Crippen LogP contribution >= 0.6 is 23.4 Å². The van der Waals surface area contributed by atoms with Crippen molar-refractivity contribution in [3.05, 3.63) is 63.0 Å². The molecule has 1 saturated heterocycles. The average molecular weight is 373 g/mol. The number of amidine groups is 1. The van der Waals surface area contributed by atoms with E-state index in [0.717, 1.165) is 22.4 Å². The second-order valence-electron chi connectivity index (χ2n) is 5.72. The maximum Gasteiger partial charge on any atom is 0.264 e. The van der Waals surface area contributed by atoms with E-state index < -0.39 is 0 Å². The zero-order valence-electron chi connectivity index (χ0n) is 14.1. The monoisotopic (exact) mass is 372 g/mol. The number of benzene rings is 2. The van der Waals surface area contributed by atoms with Crippen LogP contribution in [0.25, 0.3) is 6.08 Å². The molecule has 1 N–H and O–H groups in total. The van der Waals surface area contributed by atoms with Crippen molar-refractivity contribution < 1.29 is 9.53 Å². The first-order valence-electron chi connectivity index (χ1n) is 7.66. The summed E-state index contributed by atoms with van der Waals surface area (Å²) in [6, 6.07) is 11.4. The molecule has 1 aliphatic rings. The van der Waals surface area contributed by atoms with Crippen LogP contribution in [0.15, 0.2) is 46.3 Å². The molecule has 1 fully saturated rings. The summed E-state index contributed by atoms with van der Waals surface area (Å²) in [4.78, 5) is 17.3. The lowest BCUT2D eigenvalue weighted by atomic mass is 10.1. The number of hydrogen-bond donors (Lipinski definition) is 1. The van der Waals surface area contributed by atoms with Gasteiger partial charge in [-0.2, -0.15) is 0 Å². The van der Waals surface area contributed by atoms with E-state index in [2.05, 4.69) is 16.4 Å². The SMILES string of the molecule is COc1ccc(C=C2SC(=Nc3cc(C)cc(C)c3)NC2=O)cc1Cl. The van der Waals surface area contributed by atoms with Crippen LogP contribution in [0, 0.1) is 13.8 Å². The molecule has 0 spiro atoms. The van der Waals surface area contributed by atoms with Crippen molar-refractivity contribution >= 4 is 46.2 Å². The number of methoxy groups -OCH3 is 1. The quantitative estimate of drug-likeness (QED) is 0.783. The van der Waals surface area contributed by atoms with E-state index >= 15 is 0 Å². The van der Waals surface area contributed by atoms with Crippen LogP contribution in [-0.2, 0) is 4.79 Å². The van der Waals surface area contributed by atoms with Crippen LogP contribution in [0.2, 0.25) is 5.02 Å². The van der Waals surface area contributed by atoms with Gasteiger partial charge in [0, 0.05) is 0 Å². The number of nitrogens with one attached hydrogen (secondary N) is 1. The molecular weight excluding hydrogens is 356 g/mol. The van der Waals surface area contributed by atoms with Gasteiger partial charge in [-0.05, 0) is 72.6 Å². The van der Waals surface area contributed by atoms with Crippen molar-refractivity contribution in [3.8, 4) is 5.75 Å². The minimum Gasteiger partial charge on any atom is -0.495 e. The largest absolute Gasteiger partial charge is 0.495 e. The number of rotatable bonds is 3. The topological polar surface area (TPSA) is 50.7 Å². The van der Waals surface area contributed by atoms with Crippen LogP contribution in [-0.4, -0.2) is 18.2 Å². The van der Waals surface area contributed by atoms with E-state index in [1.165, 1.54) is 11.8 Å². The fourth-order valence-electron chi connectivity index (χ4n) is 2.54. The van der Waals surface area contributed by atoms with Gasteiger partial charge in [0.25, 0.3) is 5.91 Å². The van der Waals surface area contributed by atoms with Gasteiger partial charge in [0.05, 0.1) is 22.7 Å². The summed E-state index contributed by atoms with van der Waals surface area (Å²) in [6.45, 7) is 4.05. The molecule has 0 bridgehead atoms. The molecular formula is C19H17ClN2O2S. The van der Waals surface area contributed by atoms with Crippen LogP contribution < -0.4 is 10.1 Å². The van der Waals surface area contributed by atoms with E-state index in [4.69, 9.17) is 16.3 Å². The zero-order valence-corrected chi connectivity index (χ0v) is 15.7. The second-order valence-corrected chi connectivity index (χ2v) is 7.16. The summed E-state index contributed by atoms with van der Waals surface area (Å²) in [5.74, 6) is 0.435. The van der Waals surface area contributed by atoms with Crippen LogP contribution in [0.4, 0.5) is 5.69 Å². The molecule has 4 nitrogen and oxygen atoms in total. The van der Waals surface area contributed by atoms with Crippen molar-refractivity contribution in [3.63, 3.8) is 0 Å². The van der Waals surface area contributed by atoms with Gasteiger partial charge in [0.2, 0.25) is 0 Å². The third kappa shape index (κ3) is 4.24. The first-order chi connectivity index (χ1) is 11.9. The van der Waals surface area contributed by atoms with Crippen molar-refractivity contribution in [2.75, 3.05) is 7.11 Å². The molecule has 1 heterocycles. The fraction of sp³-hybridized carbons (Fsp3) is 0.158. The Morgan fingerprint density at radius 2 is 1.88 bits per heavy atom. The highest BCUT2D eigenvalue weighted by molar-refractivity contribution is 8.18. The summed E-state index contributed by atoms with van der Waals surface area (Å²) >= 11 is 7.44. The van der Waals surface area contributed by atoms with E-state index in [9.17, 15) is 4.79 Å². The number of halogens is 1. The van der Waals surface area contributed by atoms with Crippen LogP contribution in [0.5, 0.6) is 5.75 Å². The lowest BCUT2D eigenvalue weighted by Gasteiger charge is -2.03. The van der Waals surface area contributed by atoms with Gasteiger partial charge in [-0.3, -0.25) is 4.79 Å². The molecule has 3 rings (SSSR count). The number of nitrogens with zero attached hydrogens (tertiary/aromatic N) is 1. The molecule has 128 valence electrons. The molecule has 1 aliphatic heterocycles. The lowest BCUT2D eigenvalue weighted by Crippen LogP contribution is -2.19. The Labute approximate surface area is 155 Å². The number of aliphatic imine (C=N–C) groups is 1. The van der Waals surface area contributed by atoms with Crippen molar-refractivity contribution in [2.45, 2.75) is 13.8 Å². The highest BCUT2D eigenvalue weighted by Crippen LogP contribution is 2.31. The molecule has 0 radical (unpaired) electrons. The molecule has 0 aromatic heterocycles. The smallest absolute Gasteiger partial charge is 0.264 e. The van der Waals surface area contributed by atoms with E-state index in [-0.39, 0.29) is 5.91 Å². The standard InChI is InChI=1S/C19H17ClN2O2S/c1-11-6-12(2)8-14(7-11)21-19-22-18(23)17(25-19)10-13-4-5-16(24-3)15(20)9-13/h4-10H,1-3H3,(H,21,22,23). The third-order valence-electron chi connectivity index (χ3n) is 3.56. The highest BCUT2D eigenvalue weighted by atomic mass is 35.5. The minimum atomic E-state index is -0.167. The first kappa shape index (κ1) is 17.6. The number of ether oxygens (including phenoxy) is 1. The zero-order chi connectivity index (χ0) is 18.0. The van der Waals surface area contributed by atoms with Gasteiger partial charge in [0.1, 0.15) is 5.75 Å². The summed E-state index contributed by atoms with van der Waals surface area (Å²) in [5, 5.41) is 3.87. The van der Waals surface area contributed by atoms with Gasteiger partial charge in [-0.15, -0.1) is 0 Å². The number of amides is 1. The van der Waals surface area contributed by atoms with E-state index in [0.29, 0.717) is 20.8 Å². The van der Waals surface area contributed by atoms with E-state index in [1.54, 1.807) is 25.3 Å². The predicted molar refractivity (Wildman–Crippen MR) is 105 cm³/mol. The van der Waals surface area contributed by atoms with E-state index in [1.807, 2.05) is 32.0 Å². The van der Waals surface area contributed by atoms with Crippen molar-refractivity contribution in [1.29, 1.82) is 0 Å². The van der Waals surface area contributed by atoms with Crippen LogP contribution in [0.3, 0.4) is 0 Å². The molecule has 2 aromatic carbocycles. The number of thioether (sulfide) groups is 1. The maximum atomic E-state index is 12.2. The Hall–Kier alpha value is -2.24. The Kier molecular flexibility index (Phi) is 5.16. The van der Waals surface area contributed by atoms with Crippen LogP contribution in [0.1, 0.15) is 16.7 Å². The molecule has 0 saturated carbocycles. The molecule has 0 aliphatic carbocycles. The maximum absolute atomic E-state index is 12.2.